The molecule has 1 atom stereocenters. The van der Waals surface area contributed by atoms with Crippen molar-refractivity contribution in [3.8, 4) is 0 Å². The summed E-state index contributed by atoms with van der Waals surface area (Å²) in [6.07, 6.45) is 11.0. The summed E-state index contributed by atoms with van der Waals surface area (Å²) in [5.74, 6) is 0.379. The molecule has 0 bridgehead atoms. The SMILES string of the molecule is CCCCCC1=C(OC(=O)CCC(=O)OCC=C(C)CCCC(C)C)CCC1CC(=O)OC. The molecule has 0 fully saturated rings. The predicted octanol–water partition coefficient (Wildman–Crippen LogP) is 6.43. The van der Waals surface area contributed by atoms with Crippen molar-refractivity contribution in [3.05, 3.63) is 23.0 Å². The molecule has 6 heteroatoms. The molecule has 1 unspecified atom stereocenters. The van der Waals surface area contributed by atoms with Gasteiger partial charge in [0.25, 0.3) is 0 Å². The Hall–Kier alpha value is -2.11. The first kappa shape index (κ1) is 28.9. The summed E-state index contributed by atoms with van der Waals surface area (Å²) in [5, 5.41) is 0. The highest BCUT2D eigenvalue weighted by Gasteiger charge is 2.29. The van der Waals surface area contributed by atoms with Crippen molar-refractivity contribution in [2.75, 3.05) is 13.7 Å². The van der Waals surface area contributed by atoms with Gasteiger partial charge in [-0.1, -0.05) is 45.6 Å². The van der Waals surface area contributed by atoms with Crippen molar-refractivity contribution >= 4 is 17.9 Å². The van der Waals surface area contributed by atoms with Crippen molar-refractivity contribution in [1.29, 1.82) is 0 Å². The second kappa shape index (κ2) is 16.5. The van der Waals surface area contributed by atoms with Crippen LogP contribution in [0.4, 0.5) is 0 Å². The molecule has 0 saturated heterocycles. The Balaban J connectivity index is 2.47. The Kier molecular flexibility index (Phi) is 14.5. The van der Waals surface area contributed by atoms with Gasteiger partial charge in [0.15, 0.2) is 0 Å². The lowest BCUT2D eigenvalue weighted by Gasteiger charge is -2.14. The Morgan fingerprint density at radius 1 is 1.03 bits per heavy atom. The molecule has 0 spiro atoms. The van der Waals surface area contributed by atoms with Gasteiger partial charge in [0, 0.05) is 6.42 Å². The van der Waals surface area contributed by atoms with Gasteiger partial charge in [-0.3, -0.25) is 14.4 Å². The van der Waals surface area contributed by atoms with E-state index >= 15 is 0 Å². The molecule has 0 aliphatic heterocycles. The van der Waals surface area contributed by atoms with Crippen molar-refractivity contribution in [2.45, 2.75) is 105 Å². The fourth-order valence-electron chi connectivity index (χ4n) is 4.04. The first-order chi connectivity index (χ1) is 15.8. The van der Waals surface area contributed by atoms with Gasteiger partial charge in [-0.15, -0.1) is 0 Å². The van der Waals surface area contributed by atoms with Crippen LogP contribution >= 0.6 is 0 Å². The summed E-state index contributed by atoms with van der Waals surface area (Å²) in [4.78, 5) is 36.1. The lowest BCUT2D eigenvalue weighted by atomic mass is 9.93. The van der Waals surface area contributed by atoms with Gasteiger partial charge in [0.1, 0.15) is 12.4 Å². The lowest BCUT2D eigenvalue weighted by molar-refractivity contribution is -0.147. The predicted molar refractivity (Wildman–Crippen MR) is 129 cm³/mol. The van der Waals surface area contributed by atoms with Crippen molar-refractivity contribution < 1.29 is 28.6 Å². The van der Waals surface area contributed by atoms with Crippen LogP contribution in [0.15, 0.2) is 23.0 Å². The number of carbonyl (C=O) groups excluding carboxylic acids is 3. The standard InChI is InChI=1S/C27H44O6/c1-6-7-8-12-23-22(19-27(30)31-5)13-14-24(23)33-26(29)16-15-25(28)32-18-17-21(4)11-9-10-20(2)3/h17,20,22H,6-16,18-19H2,1-5H3. The van der Waals surface area contributed by atoms with Crippen LogP contribution in [0, 0.1) is 11.8 Å². The summed E-state index contributed by atoms with van der Waals surface area (Å²) in [7, 11) is 1.39. The first-order valence-electron chi connectivity index (χ1n) is 12.6. The fourth-order valence-corrected chi connectivity index (χ4v) is 4.04. The third-order valence-corrected chi connectivity index (χ3v) is 6.06. The quantitative estimate of drug-likeness (QED) is 0.113. The van der Waals surface area contributed by atoms with Crippen molar-refractivity contribution in [3.63, 3.8) is 0 Å². The maximum Gasteiger partial charge on any atom is 0.311 e. The van der Waals surface area contributed by atoms with E-state index in [0.717, 1.165) is 50.5 Å². The van der Waals surface area contributed by atoms with Gasteiger partial charge in [0.05, 0.1) is 26.4 Å². The van der Waals surface area contributed by atoms with Gasteiger partial charge in [0.2, 0.25) is 0 Å². The van der Waals surface area contributed by atoms with E-state index in [1.54, 1.807) is 0 Å². The Labute approximate surface area is 200 Å². The number of esters is 3. The minimum Gasteiger partial charge on any atom is -0.469 e. The van der Waals surface area contributed by atoms with Crippen molar-refractivity contribution in [1.82, 2.24) is 0 Å². The largest absolute Gasteiger partial charge is 0.469 e. The second-order valence-electron chi connectivity index (χ2n) is 9.42. The molecular formula is C27H44O6. The average Bonchev–Trinajstić information content (AvgIpc) is 3.13. The molecule has 33 heavy (non-hydrogen) atoms. The zero-order chi connectivity index (χ0) is 24.6. The fraction of sp³-hybridized carbons (Fsp3) is 0.741. The molecule has 1 aliphatic carbocycles. The van der Waals surface area contributed by atoms with E-state index < -0.39 is 11.9 Å². The van der Waals surface area contributed by atoms with Crippen LogP contribution in [0.25, 0.3) is 0 Å². The van der Waals surface area contributed by atoms with Crippen LogP contribution in [-0.2, 0) is 28.6 Å². The zero-order valence-electron chi connectivity index (χ0n) is 21.4. The summed E-state index contributed by atoms with van der Waals surface area (Å²) in [6, 6.07) is 0. The van der Waals surface area contributed by atoms with Gasteiger partial charge < -0.3 is 14.2 Å². The molecule has 0 aromatic heterocycles. The van der Waals surface area contributed by atoms with Gasteiger partial charge >= 0.3 is 17.9 Å². The van der Waals surface area contributed by atoms with Gasteiger partial charge in [-0.05, 0) is 62.5 Å². The number of rotatable bonds is 16. The minimum absolute atomic E-state index is 0.00308. The lowest BCUT2D eigenvalue weighted by Crippen LogP contribution is -2.12. The second-order valence-corrected chi connectivity index (χ2v) is 9.42. The normalized spacial score (nSPS) is 16.3. The number of hydrogen-bond acceptors (Lipinski definition) is 6. The molecule has 0 radical (unpaired) electrons. The van der Waals surface area contributed by atoms with E-state index in [-0.39, 0.29) is 31.3 Å². The Morgan fingerprint density at radius 2 is 1.76 bits per heavy atom. The van der Waals surface area contributed by atoms with E-state index in [2.05, 4.69) is 20.8 Å². The average molecular weight is 465 g/mol. The number of methoxy groups -OCH3 is 1. The van der Waals surface area contributed by atoms with Crippen LogP contribution in [0.1, 0.15) is 105 Å². The highest BCUT2D eigenvalue weighted by Crippen LogP contribution is 2.38. The molecule has 1 aliphatic rings. The van der Waals surface area contributed by atoms with Crippen LogP contribution in [0.2, 0.25) is 0 Å². The summed E-state index contributed by atoms with van der Waals surface area (Å²) in [6.45, 7) is 8.85. The zero-order valence-corrected chi connectivity index (χ0v) is 21.4. The third kappa shape index (κ3) is 12.6. The molecule has 0 amide bonds. The number of allylic oxidation sites excluding steroid dienone is 3. The van der Waals surface area contributed by atoms with E-state index in [1.165, 1.54) is 19.1 Å². The Morgan fingerprint density at radius 3 is 2.42 bits per heavy atom. The number of ether oxygens (including phenoxy) is 3. The number of unbranched alkanes of at least 4 members (excludes halogenated alkanes) is 2. The summed E-state index contributed by atoms with van der Waals surface area (Å²) in [5.41, 5.74) is 2.27. The highest BCUT2D eigenvalue weighted by atomic mass is 16.5. The molecule has 0 aromatic carbocycles. The molecule has 0 N–H and O–H groups in total. The van der Waals surface area contributed by atoms with Crippen LogP contribution in [0.3, 0.4) is 0 Å². The maximum absolute atomic E-state index is 12.4. The summed E-state index contributed by atoms with van der Waals surface area (Å²) >= 11 is 0. The molecule has 188 valence electrons. The highest BCUT2D eigenvalue weighted by molar-refractivity contribution is 5.78. The smallest absolute Gasteiger partial charge is 0.311 e. The van der Waals surface area contributed by atoms with Gasteiger partial charge in [-0.25, -0.2) is 0 Å². The molecule has 1 rings (SSSR count). The molecule has 0 heterocycles. The molecular weight excluding hydrogens is 420 g/mol. The van der Waals surface area contributed by atoms with Crippen LogP contribution in [-0.4, -0.2) is 31.6 Å². The topological polar surface area (TPSA) is 78.9 Å². The molecule has 0 aromatic rings. The van der Waals surface area contributed by atoms with Crippen molar-refractivity contribution in [2.24, 2.45) is 11.8 Å². The van der Waals surface area contributed by atoms with Crippen LogP contribution < -0.4 is 0 Å². The van der Waals surface area contributed by atoms with E-state index in [9.17, 15) is 14.4 Å². The minimum atomic E-state index is -0.422. The monoisotopic (exact) mass is 464 g/mol. The number of carbonyl (C=O) groups is 3. The van der Waals surface area contributed by atoms with E-state index in [1.807, 2.05) is 13.0 Å². The van der Waals surface area contributed by atoms with Crippen LogP contribution in [0.5, 0.6) is 0 Å². The van der Waals surface area contributed by atoms with Gasteiger partial charge in [-0.2, -0.15) is 0 Å². The van der Waals surface area contributed by atoms with E-state index in [0.29, 0.717) is 24.5 Å². The third-order valence-electron chi connectivity index (χ3n) is 6.06. The molecule has 6 nitrogen and oxygen atoms in total. The Bertz CT molecular complexity index is 689. The summed E-state index contributed by atoms with van der Waals surface area (Å²) < 4.78 is 15.7. The van der Waals surface area contributed by atoms with E-state index in [4.69, 9.17) is 14.2 Å². The number of hydrogen-bond donors (Lipinski definition) is 0. The molecule has 0 saturated carbocycles. The maximum atomic E-state index is 12.4. The first-order valence-corrected chi connectivity index (χ1v) is 12.6.